The van der Waals surface area contributed by atoms with Gasteiger partial charge in [-0.3, -0.25) is 0 Å². The number of nitrogens with one attached hydrogen (secondary N) is 1. The van der Waals surface area contributed by atoms with E-state index in [1.807, 2.05) is 0 Å². The SMILES string of the molecule is O=S(=O)(NCCCCCCO)c1ncccc1F. The zero-order chi connectivity index (χ0) is 13.4. The van der Waals surface area contributed by atoms with Crippen molar-refractivity contribution < 1.29 is 17.9 Å². The fraction of sp³-hybridized carbons (Fsp3) is 0.545. The Balaban J connectivity index is 2.44. The standard InChI is InChI=1S/C11H17FN2O3S/c12-10-6-5-7-13-11(10)18(16,17)14-8-3-1-2-4-9-15/h5-7,14-15H,1-4,8-9H2. The molecule has 0 amide bonds. The van der Waals surface area contributed by atoms with Crippen LogP contribution in [-0.2, 0) is 10.0 Å². The Morgan fingerprint density at radius 3 is 2.67 bits per heavy atom. The summed E-state index contributed by atoms with van der Waals surface area (Å²) in [7, 11) is -3.87. The van der Waals surface area contributed by atoms with Crippen molar-refractivity contribution in [1.29, 1.82) is 0 Å². The second-order valence-electron chi connectivity index (χ2n) is 3.83. The molecule has 7 heteroatoms. The third kappa shape index (κ3) is 4.67. The number of aromatic nitrogens is 1. The number of hydrogen-bond donors (Lipinski definition) is 2. The molecule has 1 heterocycles. The van der Waals surface area contributed by atoms with Gasteiger partial charge in [-0.15, -0.1) is 0 Å². The van der Waals surface area contributed by atoms with E-state index in [2.05, 4.69) is 9.71 Å². The van der Waals surface area contributed by atoms with Crippen molar-refractivity contribution in [3.8, 4) is 0 Å². The number of sulfonamides is 1. The predicted octanol–water partition coefficient (Wildman–Crippen LogP) is 1.05. The lowest BCUT2D eigenvalue weighted by Gasteiger charge is -2.06. The zero-order valence-electron chi connectivity index (χ0n) is 9.97. The van der Waals surface area contributed by atoms with Crippen LogP contribution < -0.4 is 4.72 Å². The van der Waals surface area contributed by atoms with E-state index in [9.17, 15) is 12.8 Å². The van der Waals surface area contributed by atoms with E-state index in [0.29, 0.717) is 12.8 Å². The smallest absolute Gasteiger partial charge is 0.261 e. The highest BCUT2D eigenvalue weighted by molar-refractivity contribution is 7.89. The van der Waals surface area contributed by atoms with Crippen LogP contribution in [0.2, 0.25) is 0 Å². The first kappa shape index (κ1) is 15.0. The lowest BCUT2D eigenvalue weighted by Crippen LogP contribution is -2.26. The van der Waals surface area contributed by atoms with Crippen molar-refractivity contribution in [2.24, 2.45) is 0 Å². The van der Waals surface area contributed by atoms with Gasteiger partial charge in [0.1, 0.15) is 0 Å². The van der Waals surface area contributed by atoms with Crippen LogP contribution in [0.25, 0.3) is 0 Å². The average Bonchev–Trinajstić information content (AvgIpc) is 2.34. The molecule has 0 saturated heterocycles. The quantitative estimate of drug-likeness (QED) is 0.696. The normalized spacial score (nSPS) is 11.7. The minimum absolute atomic E-state index is 0.144. The van der Waals surface area contributed by atoms with E-state index in [1.54, 1.807) is 0 Å². The number of aliphatic hydroxyl groups is 1. The summed E-state index contributed by atoms with van der Waals surface area (Å²) >= 11 is 0. The fourth-order valence-electron chi connectivity index (χ4n) is 1.43. The second kappa shape index (κ2) is 7.40. The predicted molar refractivity (Wildman–Crippen MR) is 64.9 cm³/mol. The van der Waals surface area contributed by atoms with Gasteiger partial charge in [0, 0.05) is 19.3 Å². The van der Waals surface area contributed by atoms with Gasteiger partial charge < -0.3 is 5.11 Å². The van der Waals surface area contributed by atoms with E-state index < -0.39 is 20.9 Å². The van der Waals surface area contributed by atoms with Crippen molar-refractivity contribution in [3.63, 3.8) is 0 Å². The van der Waals surface area contributed by atoms with Crippen LogP contribution >= 0.6 is 0 Å². The molecule has 0 unspecified atom stereocenters. The summed E-state index contributed by atoms with van der Waals surface area (Å²) in [6.45, 7) is 0.384. The summed E-state index contributed by atoms with van der Waals surface area (Å²) in [6, 6.07) is 2.39. The Bertz CT molecular complexity index is 465. The molecule has 0 spiro atoms. The molecular formula is C11H17FN2O3S. The molecule has 5 nitrogen and oxygen atoms in total. The highest BCUT2D eigenvalue weighted by Crippen LogP contribution is 2.09. The van der Waals surface area contributed by atoms with Crippen LogP contribution in [0.4, 0.5) is 4.39 Å². The van der Waals surface area contributed by atoms with E-state index in [1.165, 1.54) is 12.3 Å². The minimum Gasteiger partial charge on any atom is -0.396 e. The van der Waals surface area contributed by atoms with E-state index >= 15 is 0 Å². The van der Waals surface area contributed by atoms with Crippen LogP contribution in [0.15, 0.2) is 23.4 Å². The lowest BCUT2D eigenvalue weighted by atomic mass is 10.2. The summed E-state index contributed by atoms with van der Waals surface area (Å²) in [6.07, 6.45) is 4.25. The molecule has 1 rings (SSSR count). The molecule has 0 radical (unpaired) electrons. The lowest BCUT2D eigenvalue weighted by molar-refractivity contribution is 0.282. The van der Waals surface area contributed by atoms with Gasteiger partial charge in [0.25, 0.3) is 10.0 Å². The summed E-state index contributed by atoms with van der Waals surface area (Å²) in [5.41, 5.74) is 0. The molecule has 0 bridgehead atoms. The molecule has 0 aliphatic heterocycles. The topological polar surface area (TPSA) is 79.3 Å². The zero-order valence-corrected chi connectivity index (χ0v) is 10.8. The molecule has 0 atom stereocenters. The highest BCUT2D eigenvalue weighted by atomic mass is 32.2. The van der Waals surface area contributed by atoms with Crippen LogP contribution in [0.1, 0.15) is 25.7 Å². The molecule has 0 aromatic carbocycles. The molecule has 0 fully saturated rings. The number of halogens is 1. The van der Waals surface area contributed by atoms with Gasteiger partial charge in [-0.1, -0.05) is 12.8 Å². The van der Waals surface area contributed by atoms with Crippen LogP contribution in [-0.4, -0.2) is 31.7 Å². The maximum Gasteiger partial charge on any atom is 0.261 e. The minimum atomic E-state index is -3.87. The number of rotatable bonds is 8. The van der Waals surface area contributed by atoms with Gasteiger partial charge in [-0.2, -0.15) is 0 Å². The van der Waals surface area contributed by atoms with E-state index in [-0.39, 0.29) is 13.2 Å². The molecule has 0 aliphatic carbocycles. The molecule has 1 aromatic heterocycles. The third-order valence-electron chi connectivity index (χ3n) is 2.36. The van der Waals surface area contributed by atoms with Gasteiger partial charge in [0.2, 0.25) is 5.03 Å². The van der Waals surface area contributed by atoms with E-state index in [0.717, 1.165) is 18.9 Å². The van der Waals surface area contributed by atoms with Crippen LogP contribution in [0.5, 0.6) is 0 Å². The van der Waals surface area contributed by atoms with Crippen molar-refractivity contribution in [2.45, 2.75) is 30.7 Å². The Morgan fingerprint density at radius 2 is 2.00 bits per heavy atom. The highest BCUT2D eigenvalue weighted by Gasteiger charge is 2.19. The number of unbranched alkanes of at least 4 members (excludes halogenated alkanes) is 3. The van der Waals surface area contributed by atoms with Gasteiger partial charge in [0.15, 0.2) is 5.82 Å². The summed E-state index contributed by atoms with van der Waals surface area (Å²) in [5, 5.41) is 8.00. The fourth-order valence-corrected chi connectivity index (χ4v) is 2.51. The molecule has 2 N–H and O–H groups in total. The van der Waals surface area contributed by atoms with Gasteiger partial charge in [-0.05, 0) is 25.0 Å². The first-order chi connectivity index (χ1) is 8.58. The maximum absolute atomic E-state index is 13.3. The number of pyridine rings is 1. The maximum atomic E-state index is 13.3. The largest absolute Gasteiger partial charge is 0.396 e. The third-order valence-corrected chi connectivity index (χ3v) is 3.75. The first-order valence-electron chi connectivity index (χ1n) is 5.79. The summed E-state index contributed by atoms with van der Waals surface area (Å²) in [4.78, 5) is 3.52. The Kier molecular flexibility index (Phi) is 6.17. The van der Waals surface area contributed by atoms with Gasteiger partial charge in [0.05, 0.1) is 0 Å². The van der Waals surface area contributed by atoms with Crippen molar-refractivity contribution >= 4 is 10.0 Å². The first-order valence-corrected chi connectivity index (χ1v) is 7.27. The van der Waals surface area contributed by atoms with E-state index in [4.69, 9.17) is 5.11 Å². The Labute approximate surface area is 106 Å². The average molecular weight is 276 g/mol. The van der Waals surface area contributed by atoms with Crippen LogP contribution in [0.3, 0.4) is 0 Å². The molecule has 0 aliphatic rings. The van der Waals surface area contributed by atoms with Crippen molar-refractivity contribution in [2.75, 3.05) is 13.2 Å². The molecular weight excluding hydrogens is 259 g/mol. The van der Waals surface area contributed by atoms with Crippen molar-refractivity contribution in [1.82, 2.24) is 9.71 Å². The molecule has 1 aromatic rings. The summed E-state index contributed by atoms with van der Waals surface area (Å²) in [5.74, 6) is -0.856. The Morgan fingerprint density at radius 1 is 1.28 bits per heavy atom. The number of nitrogens with zero attached hydrogens (tertiary/aromatic N) is 1. The van der Waals surface area contributed by atoms with Crippen molar-refractivity contribution in [3.05, 3.63) is 24.1 Å². The van der Waals surface area contributed by atoms with Gasteiger partial charge >= 0.3 is 0 Å². The second-order valence-corrected chi connectivity index (χ2v) is 5.51. The summed E-state index contributed by atoms with van der Waals surface area (Å²) < 4.78 is 38.9. The molecule has 102 valence electrons. The Hall–Kier alpha value is -1.05. The monoisotopic (exact) mass is 276 g/mol. The van der Waals surface area contributed by atoms with Gasteiger partial charge in [-0.25, -0.2) is 22.5 Å². The number of hydrogen-bond acceptors (Lipinski definition) is 4. The van der Waals surface area contributed by atoms with Crippen LogP contribution in [0, 0.1) is 5.82 Å². The molecule has 0 saturated carbocycles. The number of aliphatic hydroxyl groups excluding tert-OH is 1. The molecule has 18 heavy (non-hydrogen) atoms.